The molecule has 3 heteroatoms. The maximum Gasteiger partial charge on any atom is 0.0565 e. The van der Waals surface area contributed by atoms with Crippen molar-refractivity contribution >= 4 is 17.6 Å². The van der Waals surface area contributed by atoms with Crippen LogP contribution in [0.2, 0.25) is 0 Å². The van der Waals surface area contributed by atoms with Crippen molar-refractivity contribution in [3.05, 3.63) is 85.5 Å². The van der Waals surface area contributed by atoms with Crippen LogP contribution in [0.3, 0.4) is 0 Å². The van der Waals surface area contributed by atoms with Crippen molar-refractivity contribution in [2.45, 2.75) is 0 Å². The predicted molar refractivity (Wildman–Crippen MR) is 96.7 cm³/mol. The van der Waals surface area contributed by atoms with Crippen LogP contribution in [0.15, 0.2) is 85.0 Å². The Bertz CT molecular complexity index is 622. The Kier molecular flexibility index (Phi) is 6.00. The second-order valence-corrected chi connectivity index (χ2v) is 4.78. The fourth-order valence-corrected chi connectivity index (χ4v) is 2.16. The zero-order valence-electron chi connectivity index (χ0n) is 12.7. The van der Waals surface area contributed by atoms with Gasteiger partial charge in [0.25, 0.3) is 0 Å². The Morgan fingerprint density at radius 3 is 2.23 bits per heavy atom. The van der Waals surface area contributed by atoms with Crippen LogP contribution in [0.25, 0.3) is 0 Å². The third-order valence-electron chi connectivity index (χ3n) is 3.15. The first kappa shape index (κ1) is 15.6. The Morgan fingerprint density at radius 1 is 0.909 bits per heavy atom. The van der Waals surface area contributed by atoms with Gasteiger partial charge < -0.3 is 4.90 Å². The van der Waals surface area contributed by atoms with E-state index in [9.17, 15) is 0 Å². The quantitative estimate of drug-likeness (QED) is 0.446. The minimum atomic E-state index is 0.767. The number of para-hydroxylation sites is 2. The van der Waals surface area contributed by atoms with Crippen LogP contribution in [-0.2, 0) is 0 Å². The second-order valence-electron chi connectivity index (χ2n) is 4.78. The van der Waals surface area contributed by atoms with E-state index in [1.54, 1.807) is 0 Å². The molecular formula is C19H21N3. The van der Waals surface area contributed by atoms with Gasteiger partial charge in [-0.2, -0.15) is 5.10 Å². The van der Waals surface area contributed by atoms with Gasteiger partial charge in [-0.3, -0.25) is 5.43 Å². The van der Waals surface area contributed by atoms with Gasteiger partial charge >= 0.3 is 0 Å². The normalized spacial score (nSPS) is 10.4. The minimum Gasteiger partial charge on any atom is -0.364 e. The molecule has 0 heterocycles. The number of hydrogen-bond donors (Lipinski definition) is 1. The van der Waals surface area contributed by atoms with Crippen molar-refractivity contribution in [3.8, 4) is 0 Å². The Hall–Kier alpha value is -2.81. The maximum absolute atomic E-state index is 4.32. The van der Waals surface area contributed by atoms with Crippen LogP contribution in [0, 0.1) is 0 Å². The molecule has 0 aliphatic rings. The number of hydrogen-bond acceptors (Lipinski definition) is 3. The van der Waals surface area contributed by atoms with E-state index >= 15 is 0 Å². The van der Waals surface area contributed by atoms with Gasteiger partial charge in [-0.15, -0.1) is 13.2 Å². The molecule has 22 heavy (non-hydrogen) atoms. The Balaban J connectivity index is 2.16. The first-order chi connectivity index (χ1) is 10.8. The van der Waals surface area contributed by atoms with Gasteiger partial charge in [0.2, 0.25) is 0 Å². The number of benzene rings is 2. The Morgan fingerprint density at radius 2 is 1.55 bits per heavy atom. The molecule has 0 spiro atoms. The monoisotopic (exact) mass is 291 g/mol. The van der Waals surface area contributed by atoms with Crippen molar-refractivity contribution in [3.63, 3.8) is 0 Å². The summed E-state index contributed by atoms with van der Waals surface area (Å²) in [4.78, 5) is 2.20. The van der Waals surface area contributed by atoms with Crippen molar-refractivity contribution in [2.24, 2.45) is 5.10 Å². The molecule has 0 saturated carbocycles. The lowest BCUT2D eigenvalue weighted by molar-refractivity contribution is 0.955. The highest BCUT2D eigenvalue weighted by Crippen LogP contribution is 2.19. The van der Waals surface area contributed by atoms with Gasteiger partial charge in [0, 0.05) is 24.3 Å². The summed E-state index contributed by atoms with van der Waals surface area (Å²) in [6.07, 6.45) is 5.61. The molecule has 0 unspecified atom stereocenters. The van der Waals surface area contributed by atoms with Crippen LogP contribution >= 0.6 is 0 Å². The van der Waals surface area contributed by atoms with E-state index < -0.39 is 0 Å². The topological polar surface area (TPSA) is 27.6 Å². The molecule has 0 saturated heterocycles. The molecule has 1 N–H and O–H groups in total. The lowest BCUT2D eigenvalue weighted by Gasteiger charge is -2.23. The highest BCUT2D eigenvalue weighted by atomic mass is 15.3. The van der Waals surface area contributed by atoms with Crippen LogP contribution < -0.4 is 10.3 Å². The van der Waals surface area contributed by atoms with E-state index in [-0.39, 0.29) is 0 Å². The van der Waals surface area contributed by atoms with Crippen molar-refractivity contribution in [2.75, 3.05) is 23.4 Å². The van der Waals surface area contributed by atoms with Gasteiger partial charge in [0.05, 0.1) is 11.9 Å². The molecule has 0 radical (unpaired) electrons. The molecule has 3 nitrogen and oxygen atoms in total. The average molecular weight is 291 g/mol. The zero-order chi connectivity index (χ0) is 15.6. The molecular weight excluding hydrogens is 270 g/mol. The molecule has 2 rings (SSSR count). The molecule has 0 aliphatic heterocycles. The highest BCUT2D eigenvalue weighted by Gasteiger charge is 2.06. The third-order valence-corrected chi connectivity index (χ3v) is 3.15. The van der Waals surface area contributed by atoms with Gasteiger partial charge in [0.15, 0.2) is 0 Å². The molecule has 2 aromatic carbocycles. The van der Waals surface area contributed by atoms with E-state index in [0.29, 0.717) is 0 Å². The zero-order valence-corrected chi connectivity index (χ0v) is 12.7. The van der Waals surface area contributed by atoms with E-state index in [0.717, 1.165) is 30.0 Å². The predicted octanol–water partition coefficient (Wildman–Crippen LogP) is 4.31. The first-order valence-corrected chi connectivity index (χ1v) is 7.25. The molecule has 0 aromatic heterocycles. The highest BCUT2D eigenvalue weighted by molar-refractivity contribution is 5.88. The third kappa shape index (κ3) is 4.35. The molecule has 0 amide bonds. The van der Waals surface area contributed by atoms with Crippen LogP contribution in [0.5, 0.6) is 0 Å². The summed E-state index contributed by atoms with van der Waals surface area (Å²) in [6, 6.07) is 18.0. The number of anilines is 2. The van der Waals surface area contributed by atoms with Gasteiger partial charge in [-0.05, 0) is 18.2 Å². The SMILES string of the molecule is C=CCN(CC=C)c1ccccc1C=NNc1ccccc1. The van der Waals surface area contributed by atoms with Crippen LogP contribution in [0.4, 0.5) is 11.4 Å². The van der Waals surface area contributed by atoms with Crippen molar-refractivity contribution in [1.82, 2.24) is 0 Å². The molecule has 0 atom stereocenters. The summed E-state index contributed by atoms with van der Waals surface area (Å²) in [5, 5.41) is 4.32. The maximum atomic E-state index is 4.32. The summed E-state index contributed by atoms with van der Waals surface area (Å²) < 4.78 is 0. The van der Waals surface area contributed by atoms with E-state index in [4.69, 9.17) is 0 Å². The van der Waals surface area contributed by atoms with E-state index in [1.165, 1.54) is 0 Å². The Labute approximate surface area is 132 Å². The number of nitrogens with one attached hydrogen (secondary N) is 1. The van der Waals surface area contributed by atoms with Crippen molar-refractivity contribution in [1.29, 1.82) is 0 Å². The van der Waals surface area contributed by atoms with E-state index in [2.05, 4.69) is 34.7 Å². The van der Waals surface area contributed by atoms with Crippen LogP contribution in [-0.4, -0.2) is 19.3 Å². The fourth-order valence-electron chi connectivity index (χ4n) is 2.16. The van der Waals surface area contributed by atoms with Crippen molar-refractivity contribution < 1.29 is 0 Å². The van der Waals surface area contributed by atoms with E-state index in [1.807, 2.05) is 66.9 Å². The average Bonchev–Trinajstić information content (AvgIpc) is 2.56. The fraction of sp³-hybridized carbons (Fsp3) is 0.105. The number of rotatable bonds is 8. The summed E-state index contributed by atoms with van der Waals surface area (Å²) in [5.74, 6) is 0. The molecule has 0 fully saturated rings. The largest absolute Gasteiger partial charge is 0.364 e. The smallest absolute Gasteiger partial charge is 0.0565 e. The number of nitrogens with zero attached hydrogens (tertiary/aromatic N) is 2. The minimum absolute atomic E-state index is 0.767. The molecule has 0 aliphatic carbocycles. The van der Waals surface area contributed by atoms with Crippen LogP contribution in [0.1, 0.15) is 5.56 Å². The van der Waals surface area contributed by atoms with Gasteiger partial charge in [-0.1, -0.05) is 48.6 Å². The summed E-state index contributed by atoms with van der Waals surface area (Å²) in [5.41, 5.74) is 6.16. The lowest BCUT2D eigenvalue weighted by Crippen LogP contribution is -2.24. The first-order valence-electron chi connectivity index (χ1n) is 7.25. The summed E-state index contributed by atoms with van der Waals surface area (Å²) in [6.45, 7) is 9.17. The van der Waals surface area contributed by atoms with Gasteiger partial charge in [0.1, 0.15) is 0 Å². The summed E-state index contributed by atoms with van der Waals surface area (Å²) >= 11 is 0. The molecule has 2 aromatic rings. The molecule has 0 bridgehead atoms. The lowest BCUT2D eigenvalue weighted by atomic mass is 10.1. The molecule has 112 valence electrons. The second kappa shape index (κ2) is 8.47. The number of hydrazone groups is 1. The standard InChI is InChI=1S/C19H21N3/c1-3-14-22(15-4-2)19-13-9-8-10-17(19)16-20-21-18-11-6-5-7-12-18/h3-13,16,21H,1-2,14-15H2. The summed E-state index contributed by atoms with van der Waals surface area (Å²) in [7, 11) is 0. The van der Waals surface area contributed by atoms with Gasteiger partial charge in [-0.25, -0.2) is 0 Å².